The molecule has 0 aliphatic heterocycles. The average molecular weight is 321 g/mol. The summed E-state index contributed by atoms with van der Waals surface area (Å²) in [6.07, 6.45) is 0.724. The van der Waals surface area contributed by atoms with Crippen LogP contribution in [0.25, 0.3) is 22.4 Å². The van der Waals surface area contributed by atoms with Crippen molar-refractivity contribution in [3.05, 3.63) is 34.5 Å². The van der Waals surface area contributed by atoms with Gasteiger partial charge < -0.3 is 15.1 Å². The van der Waals surface area contributed by atoms with E-state index in [-0.39, 0.29) is 0 Å². The number of nitrogens with one attached hydrogen (secondary N) is 1. The highest BCUT2D eigenvalue weighted by molar-refractivity contribution is 9.10. The van der Waals surface area contributed by atoms with Crippen molar-refractivity contribution in [2.75, 3.05) is 6.54 Å². The zero-order valence-electron chi connectivity index (χ0n) is 10.4. The van der Waals surface area contributed by atoms with Crippen molar-refractivity contribution in [2.24, 2.45) is 5.73 Å². The molecule has 0 amide bonds. The first-order valence-corrected chi connectivity index (χ1v) is 6.78. The van der Waals surface area contributed by atoms with Crippen molar-refractivity contribution in [3.8, 4) is 11.3 Å². The fourth-order valence-electron chi connectivity index (χ4n) is 2.03. The standard InChI is InChI=1S/C13H13BrN4O/c1-7-16-9-3-2-8(6-10(9)19-7)12-13(14)18-11(17-12)4-5-15/h2-3,6H,4-5,15H2,1H3,(H,17,18). The third-order valence-electron chi connectivity index (χ3n) is 2.86. The topological polar surface area (TPSA) is 80.7 Å². The summed E-state index contributed by atoms with van der Waals surface area (Å²) in [5.74, 6) is 1.54. The summed E-state index contributed by atoms with van der Waals surface area (Å²) in [5, 5.41) is 0. The molecule has 3 N–H and O–H groups in total. The summed E-state index contributed by atoms with van der Waals surface area (Å²) in [7, 11) is 0. The highest BCUT2D eigenvalue weighted by Gasteiger charge is 2.12. The molecule has 2 heterocycles. The number of nitrogens with two attached hydrogens (primary N) is 1. The van der Waals surface area contributed by atoms with Crippen molar-refractivity contribution < 1.29 is 4.42 Å². The Kier molecular flexibility index (Phi) is 3.12. The summed E-state index contributed by atoms with van der Waals surface area (Å²) >= 11 is 3.49. The molecule has 0 spiro atoms. The number of aryl methyl sites for hydroxylation is 1. The van der Waals surface area contributed by atoms with Gasteiger partial charge in [0.05, 0.1) is 0 Å². The van der Waals surface area contributed by atoms with Gasteiger partial charge in [0.15, 0.2) is 11.5 Å². The Morgan fingerprint density at radius 2 is 2.21 bits per heavy atom. The highest BCUT2D eigenvalue weighted by atomic mass is 79.9. The number of H-pyrrole nitrogens is 1. The number of oxazole rings is 1. The Balaban J connectivity index is 2.07. The number of hydrogen-bond donors (Lipinski definition) is 2. The van der Waals surface area contributed by atoms with E-state index in [1.807, 2.05) is 25.1 Å². The van der Waals surface area contributed by atoms with Crippen molar-refractivity contribution in [1.29, 1.82) is 0 Å². The van der Waals surface area contributed by atoms with Gasteiger partial charge in [-0.2, -0.15) is 0 Å². The molecular weight excluding hydrogens is 308 g/mol. The summed E-state index contributed by atoms with van der Waals surface area (Å²) in [6.45, 7) is 2.41. The number of aromatic amines is 1. The second kappa shape index (κ2) is 4.79. The van der Waals surface area contributed by atoms with E-state index in [1.165, 1.54) is 0 Å². The number of imidazole rings is 1. The van der Waals surface area contributed by atoms with Gasteiger partial charge in [0.2, 0.25) is 0 Å². The Labute approximate surface area is 118 Å². The first-order chi connectivity index (χ1) is 9.17. The van der Waals surface area contributed by atoms with E-state index in [0.29, 0.717) is 12.4 Å². The van der Waals surface area contributed by atoms with Gasteiger partial charge in [0, 0.05) is 18.9 Å². The van der Waals surface area contributed by atoms with Crippen LogP contribution in [-0.2, 0) is 6.42 Å². The van der Waals surface area contributed by atoms with Crippen molar-refractivity contribution >= 4 is 27.0 Å². The normalized spacial score (nSPS) is 11.3. The predicted octanol–water partition coefficient (Wildman–Crippen LogP) is 2.79. The molecule has 0 fully saturated rings. The number of halogens is 1. The molecule has 0 unspecified atom stereocenters. The van der Waals surface area contributed by atoms with Gasteiger partial charge in [-0.1, -0.05) is 6.07 Å². The van der Waals surface area contributed by atoms with Gasteiger partial charge in [-0.25, -0.2) is 9.97 Å². The SMILES string of the molecule is Cc1nc2ccc(-c3nc(CCN)[nH]c3Br)cc2o1. The Morgan fingerprint density at radius 1 is 1.37 bits per heavy atom. The number of rotatable bonds is 3. The maximum Gasteiger partial charge on any atom is 0.192 e. The maximum atomic E-state index is 5.54. The van der Waals surface area contributed by atoms with E-state index in [9.17, 15) is 0 Å². The first kappa shape index (κ1) is 12.4. The van der Waals surface area contributed by atoms with E-state index in [1.54, 1.807) is 0 Å². The molecule has 0 saturated heterocycles. The van der Waals surface area contributed by atoms with Gasteiger partial charge in [0.25, 0.3) is 0 Å². The van der Waals surface area contributed by atoms with Gasteiger partial charge in [-0.3, -0.25) is 0 Å². The Bertz CT molecular complexity index is 731. The van der Waals surface area contributed by atoms with E-state index >= 15 is 0 Å². The van der Waals surface area contributed by atoms with Crippen molar-refractivity contribution in [1.82, 2.24) is 15.0 Å². The molecule has 0 atom stereocenters. The molecule has 5 nitrogen and oxygen atoms in total. The summed E-state index contributed by atoms with van der Waals surface area (Å²) < 4.78 is 6.39. The van der Waals surface area contributed by atoms with Gasteiger partial charge in [-0.05, 0) is 34.6 Å². The molecule has 19 heavy (non-hydrogen) atoms. The van der Waals surface area contributed by atoms with Crippen LogP contribution in [0.15, 0.2) is 27.2 Å². The maximum absolute atomic E-state index is 5.54. The van der Waals surface area contributed by atoms with Crippen molar-refractivity contribution in [2.45, 2.75) is 13.3 Å². The van der Waals surface area contributed by atoms with Crippen LogP contribution in [0.2, 0.25) is 0 Å². The molecular formula is C13H13BrN4O. The van der Waals surface area contributed by atoms with Crippen LogP contribution in [0, 0.1) is 6.92 Å². The Morgan fingerprint density at radius 3 is 3.00 bits per heavy atom. The fourth-order valence-corrected chi connectivity index (χ4v) is 2.58. The molecule has 98 valence electrons. The number of nitrogens with zero attached hydrogens (tertiary/aromatic N) is 2. The molecule has 2 aromatic heterocycles. The molecule has 0 bridgehead atoms. The third kappa shape index (κ3) is 2.29. The number of benzene rings is 1. The van der Waals surface area contributed by atoms with Crippen LogP contribution < -0.4 is 5.73 Å². The lowest BCUT2D eigenvalue weighted by Gasteiger charge is -1.96. The number of aromatic nitrogens is 3. The largest absolute Gasteiger partial charge is 0.441 e. The molecule has 6 heteroatoms. The zero-order chi connectivity index (χ0) is 13.4. The molecule has 0 aliphatic rings. The van der Waals surface area contributed by atoms with E-state index in [4.69, 9.17) is 10.2 Å². The predicted molar refractivity (Wildman–Crippen MR) is 76.8 cm³/mol. The average Bonchev–Trinajstić information content (AvgIpc) is 2.90. The van der Waals surface area contributed by atoms with E-state index < -0.39 is 0 Å². The summed E-state index contributed by atoms with van der Waals surface area (Å²) in [4.78, 5) is 12.0. The summed E-state index contributed by atoms with van der Waals surface area (Å²) in [6, 6.07) is 5.87. The number of hydrogen-bond acceptors (Lipinski definition) is 4. The smallest absolute Gasteiger partial charge is 0.192 e. The molecule has 0 radical (unpaired) electrons. The van der Waals surface area contributed by atoms with Crippen molar-refractivity contribution in [3.63, 3.8) is 0 Å². The lowest BCUT2D eigenvalue weighted by Crippen LogP contribution is -2.03. The molecule has 0 aliphatic carbocycles. The summed E-state index contributed by atoms with van der Waals surface area (Å²) in [5.41, 5.74) is 9.00. The minimum Gasteiger partial charge on any atom is -0.441 e. The second-order valence-electron chi connectivity index (χ2n) is 4.30. The minimum absolute atomic E-state index is 0.569. The number of fused-ring (bicyclic) bond motifs is 1. The van der Waals surface area contributed by atoms with Crippen LogP contribution in [0.1, 0.15) is 11.7 Å². The lowest BCUT2D eigenvalue weighted by atomic mass is 10.1. The monoisotopic (exact) mass is 320 g/mol. The zero-order valence-corrected chi connectivity index (χ0v) is 12.0. The van der Waals surface area contributed by atoms with Crippen LogP contribution >= 0.6 is 15.9 Å². The lowest BCUT2D eigenvalue weighted by molar-refractivity contribution is 0.561. The highest BCUT2D eigenvalue weighted by Crippen LogP contribution is 2.29. The molecule has 1 aromatic carbocycles. The quantitative estimate of drug-likeness (QED) is 0.777. The van der Waals surface area contributed by atoms with Crippen LogP contribution in [0.5, 0.6) is 0 Å². The molecule has 3 aromatic rings. The van der Waals surface area contributed by atoms with Crippen LogP contribution in [0.3, 0.4) is 0 Å². The van der Waals surface area contributed by atoms with Gasteiger partial charge in [-0.15, -0.1) is 0 Å². The fraction of sp³-hybridized carbons (Fsp3) is 0.231. The minimum atomic E-state index is 0.569. The van der Waals surface area contributed by atoms with E-state index in [0.717, 1.165) is 39.2 Å². The van der Waals surface area contributed by atoms with Crippen LogP contribution in [0.4, 0.5) is 0 Å². The first-order valence-electron chi connectivity index (χ1n) is 5.99. The Hall–Kier alpha value is -1.66. The second-order valence-corrected chi connectivity index (χ2v) is 5.09. The molecule has 3 rings (SSSR count). The molecule has 0 saturated carbocycles. The van der Waals surface area contributed by atoms with E-state index in [2.05, 4.69) is 30.9 Å². The van der Waals surface area contributed by atoms with Gasteiger partial charge in [0.1, 0.15) is 21.6 Å². The third-order valence-corrected chi connectivity index (χ3v) is 3.43. The van der Waals surface area contributed by atoms with Gasteiger partial charge >= 0.3 is 0 Å². The van der Waals surface area contributed by atoms with Crippen LogP contribution in [-0.4, -0.2) is 21.5 Å².